The minimum atomic E-state index is -0.618. The summed E-state index contributed by atoms with van der Waals surface area (Å²) >= 11 is 0. The predicted octanol–water partition coefficient (Wildman–Crippen LogP) is 2.28. The van der Waals surface area contributed by atoms with Gasteiger partial charge in [-0.15, -0.1) is 0 Å². The van der Waals surface area contributed by atoms with Gasteiger partial charge in [-0.2, -0.15) is 0 Å². The normalized spacial score (nSPS) is 10.1. The molecule has 1 aromatic carbocycles. The van der Waals surface area contributed by atoms with Crippen LogP contribution in [0.5, 0.6) is 0 Å². The van der Waals surface area contributed by atoms with Gasteiger partial charge in [-0.25, -0.2) is 0 Å². The van der Waals surface area contributed by atoms with Crippen LogP contribution < -0.4 is 10.2 Å². The lowest BCUT2D eigenvalue weighted by Crippen LogP contribution is -2.44. The zero-order chi connectivity index (χ0) is 17.8. The number of para-hydroxylation sites is 1. The molecule has 0 aliphatic carbocycles. The number of nitrogens with one attached hydrogen (secondary N) is 1. The summed E-state index contributed by atoms with van der Waals surface area (Å²) in [6, 6.07) is 9.18. The predicted molar refractivity (Wildman–Crippen MR) is 92.6 cm³/mol. The van der Waals surface area contributed by atoms with E-state index in [0.29, 0.717) is 32.4 Å². The number of hydrogen-bond donors (Lipinski definition) is 1. The number of carbonyl (C=O) groups is 3. The first kappa shape index (κ1) is 19.7. The first-order chi connectivity index (χ1) is 11.6. The second kappa shape index (κ2) is 11.2. The second-order valence-electron chi connectivity index (χ2n) is 5.44. The van der Waals surface area contributed by atoms with E-state index < -0.39 is 11.8 Å². The maximum atomic E-state index is 12.4. The molecule has 0 unspecified atom stereocenters. The number of methoxy groups -OCH3 is 1. The number of esters is 1. The van der Waals surface area contributed by atoms with E-state index in [9.17, 15) is 14.4 Å². The molecule has 0 spiro atoms. The van der Waals surface area contributed by atoms with Crippen LogP contribution in [0.1, 0.15) is 39.0 Å². The Kier molecular flexibility index (Phi) is 9.19. The van der Waals surface area contributed by atoms with Crippen LogP contribution >= 0.6 is 0 Å². The van der Waals surface area contributed by atoms with Crippen molar-refractivity contribution in [1.82, 2.24) is 5.32 Å². The molecule has 0 aliphatic rings. The third-order valence-electron chi connectivity index (χ3n) is 3.56. The van der Waals surface area contributed by atoms with Crippen LogP contribution in [0.25, 0.3) is 0 Å². The van der Waals surface area contributed by atoms with E-state index in [1.54, 1.807) is 0 Å². The first-order valence-corrected chi connectivity index (χ1v) is 8.31. The van der Waals surface area contributed by atoms with E-state index in [1.807, 2.05) is 37.3 Å². The van der Waals surface area contributed by atoms with E-state index in [0.717, 1.165) is 18.5 Å². The largest absolute Gasteiger partial charge is 0.469 e. The smallest absolute Gasteiger partial charge is 0.316 e. The van der Waals surface area contributed by atoms with Gasteiger partial charge in [0, 0.05) is 25.2 Å². The number of amides is 2. The Hall–Kier alpha value is -2.37. The average Bonchev–Trinajstić information content (AvgIpc) is 2.62. The Morgan fingerprint density at radius 2 is 1.79 bits per heavy atom. The Balaban J connectivity index is 2.50. The molecule has 0 saturated heterocycles. The van der Waals surface area contributed by atoms with Gasteiger partial charge in [0.25, 0.3) is 0 Å². The fourth-order valence-corrected chi connectivity index (χ4v) is 2.17. The number of carbonyl (C=O) groups excluding carboxylic acids is 3. The van der Waals surface area contributed by atoms with E-state index in [2.05, 4.69) is 10.1 Å². The van der Waals surface area contributed by atoms with E-state index in [4.69, 9.17) is 0 Å². The van der Waals surface area contributed by atoms with Gasteiger partial charge in [-0.3, -0.25) is 14.4 Å². The van der Waals surface area contributed by atoms with Gasteiger partial charge < -0.3 is 15.0 Å². The van der Waals surface area contributed by atoms with Gasteiger partial charge in [0.05, 0.1) is 7.11 Å². The Labute approximate surface area is 143 Å². The fourth-order valence-electron chi connectivity index (χ4n) is 2.17. The van der Waals surface area contributed by atoms with E-state index in [-0.39, 0.29) is 5.97 Å². The highest BCUT2D eigenvalue weighted by Gasteiger charge is 2.22. The molecule has 1 N–H and O–H groups in total. The van der Waals surface area contributed by atoms with Gasteiger partial charge in [0.1, 0.15) is 0 Å². The third kappa shape index (κ3) is 6.81. The van der Waals surface area contributed by atoms with Crippen molar-refractivity contribution in [2.75, 3.05) is 25.1 Å². The molecule has 0 aromatic heterocycles. The molecule has 0 saturated carbocycles. The summed E-state index contributed by atoms with van der Waals surface area (Å²) in [5, 5.41) is 2.62. The Morgan fingerprint density at radius 3 is 2.42 bits per heavy atom. The van der Waals surface area contributed by atoms with E-state index >= 15 is 0 Å². The molecule has 24 heavy (non-hydrogen) atoms. The number of benzene rings is 1. The maximum absolute atomic E-state index is 12.4. The monoisotopic (exact) mass is 334 g/mol. The summed E-state index contributed by atoms with van der Waals surface area (Å²) < 4.78 is 4.55. The van der Waals surface area contributed by atoms with Crippen LogP contribution in [-0.2, 0) is 19.1 Å². The molecule has 0 bridgehead atoms. The second-order valence-corrected chi connectivity index (χ2v) is 5.44. The number of anilines is 1. The average molecular weight is 334 g/mol. The molecule has 1 aromatic rings. The molecule has 2 amide bonds. The van der Waals surface area contributed by atoms with Crippen molar-refractivity contribution in [3.63, 3.8) is 0 Å². The zero-order valence-corrected chi connectivity index (χ0v) is 14.4. The summed E-state index contributed by atoms with van der Waals surface area (Å²) in [6.07, 6.45) is 3.31. The topological polar surface area (TPSA) is 75.7 Å². The highest BCUT2D eigenvalue weighted by molar-refractivity contribution is 6.40. The highest BCUT2D eigenvalue weighted by atomic mass is 16.5. The zero-order valence-electron chi connectivity index (χ0n) is 14.4. The molecule has 0 aliphatic heterocycles. The van der Waals surface area contributed by atoms with Crippen molar-refractivity contribution in [1.29, 1.82) is 0 Å². The minimum Gasteiger partial charge on any atom is -0.469 e. The van der Waals surface area contributed by atoms with Gasteiger partial charge in [0.2, 0.25) is 0 Å². The fraction of sp³-hybridized carbons (Fsp3) is 0.500. The molecule has 6 heteroatoms. The number of nitrogens with zero attached hydrogens (tertiary/aromatic N) is 1. The molecule has 0 atom stereocenters. The number of ether oxygens (including phenoxy) is 1. The molecule has 1 rings (SSSR count). The van der Waals surface area contributed by atoms with Crippen molar-refractivity contribution in [2.24, 2.45) is 0 Å². The standard InChI is InChI=1S/C18H26N2O4/c1-3-4-14-20(15-10-6-5-7-11-15)18(23)17(22)19-13-9-8-12-16(21)24-2/h5-7,10-11H,3-4,8-9,12-14H2,1-2H3,(H,19,22). The molecule has 6 nitrogen and oxygen atoms in total. The van der Waals surface area contributed by atoms with Crippen LogP contribution in [0, 0.1) is 0 Å². The summed E-state index contributed by atoms with van der Waals surface area (Å²) in [6.45, 7) is 2.90. The summed E-state index contributed by atoms with van der Waals surface area (Å²) in [5.74, 6) is -1.44. The lowest BCUT2D eigenvalue weighted by Gasteiger charge is -2.22. The van der Waals surface area contributed by atoms with Crippen molar-refractivity contribution in [2.45, 2.75) is 39.0 Å². The molecule has 0 heterocycles. The molecule has 132 valence electrons. The van der Waals surface area contributed by atoms with Crippen LogP contribution in [0.15, 0.2) is 30.3 Å². The van der Waals surface area contributed by atoms with Crippen LogP contribution in [0.3, 0.4) is 0 Å². The van der Waals surface area contributed by atoms with Gasteiger partial charge in [-0.1, -0.05) is 31.5 Å². The number of hydrogen-bond acceptors (Lipinski definition) is 4. The van der Waals surface area contributed by atoms with Gasteiger partial charge in [0.15, 0.2) is 0 Å². The number of rotatable bonds is 9. The molecular formula is C18H26N2O4. The first-order valence-electron chi connectivity index (χ1n) is 8.31. The summed E-state index contributed by atoms with van der Waals surface area (Å²) in [7, 11) is 1.34. The lowest BCUT2D eigenvalue weighted by atomic mass is 10.2. The van der Waals surface area contributed by atoms with Gasteiger partial charge in [-0.05, 0) is 31.4 Å². The molecular weight excluding hydrogens is 308 g/mol. The highest BCUT2D eigenvalue weighted by Crippen LogP contribution is 2.14. The Bertz CT molecular complexity index is 531. The van der Waals surface area contributed by atoms with Crippen LogP contribution in [-0.4, -0.2) is 38.0 Å². The summed E-state index contributed by atoms with van der Waals surface area (Å²) in [4.78, 5) is 37.0. The Morgan fingerprint density at radius 1 is 1.08 bits per heavy atom. The van der Waals surface area contributed by atoms with E-state index in [1.165, 1.54) is 12.0 Å². The summed E-state index contributed by atoms with van der Waals surface area (Å²) in [5.41, 5.74) is 0.719. The molecule has 0 radical (unpaired) electrons. The number of unbranched alkanes of at least 4 members (excludes halogenated alkanes) is 2. The SMILES string of the molecule is CCCCN(C(=O)C(=O)NCCCCC(=O)OC)c1ccccc1. The van der Waals surface area contributed by atoms with Crippen molar-refractivity contribution in [3.8, 4) is 0 Å². The molecule has 0 fully saturated rings. The lowest BCUT2D eigenvalue weighted by molar-refractivity contribution is -0.140. The minimum absolute atomic E-state index is 0.271. The van der Waals surface area contributed by atoms with Crippen LogP contribution in [0.4, 0.5) is 5.69 Å². The van der Waals surface area contributed by atoms with Gasteiger partial charge >= 0.3 is 17.8 Å². The van der Waals surface area contributed by atoms with Crippen molar-refractivity contribution < 1.29 is 19.1 Å². The third-order valence-corrected chi connectivity index (χ3v) is 3.56. The van der Waals surface area contributed by atoms with Crippen molar-refractivity contribution >= 4 is 23.5 Å². The quantitative estimate of drug-likeness (QED) is 0.427. The van der Waals surface area contributed by atoms with Crippen molar-refractivity contribution in [3.05, 3.63) is 30.3 Å². The maximum Gasteiger partial charge on any atom is 0.316 e. The van der Waals surface area contributed by atoms with Crippen LogP contribution in [0.2, 0.25) is 0 Å².